The van der Waals surface area contributed by atoms with E-state index in [0.717, 1.165) is 25.9 Å². The van der Waals surface area contributed by atoms with Crippen LogP contribution in [0.15, 0.2) is 29.1 Å². The zero-order valence-corrected chi connectivity index (χ0v) is 18.2. The zero-order valence-electron chi connectivity index (χ0n) is 18.2. The van der Waals surface area contributed by atoms with Gasteiger partial charge in [-0.15, -0.1) is 0 Å². The zero-order chi connectivity index (χ0) is 22.1. The first-order valence-corrected chi connectivity index (χ1v) is 10.9. The molecule has 1 aromatic carbocycles. The summed E-state index contributed by atoms with van der Waals surface area (Å²) in [6.45, 7) is 7.97. The first-order chi connectivity index (χ1) is 14.8. The fourth-order valence-corrected chi connectivity index (χ4v) is 4.30. The van der Waals surface area contributed by atoms with Crippen LogP contribution < -0.4 is 21.1 Å². The highest BCUT2D eigenvalue weighted by Crippen LogP contribution is 2.31. The number of hydrogen-bond acceptors (Lipinski definition) is 5. The van der Waals surface area contributed by atoms with E-state index in [1.165, 1.54) is 5.56 Å². The fourth-order valence-electron chi connectivity index (χ4n) is 4.30. The number of aromatic amines is 1. The van der Waals surface area contributed by atoms with E-state index in [-0.39, 0.29) is 35.2 Å². The number of nitrogens with one attached hydrogen (secondary N) is 3. The number of aromatic nitrogens is 2. The topological polar surface area (TPSA) is 107 Å². The van der Waals surface area contributed by atoms with Crippen molar-refractivity contribution in [3.05, 3.63) is 45.7 Å². The minimum atomic E-state index is -0.890. The van der Waals surface area contributed by atoms with Crippen molar-refractivity contribution in [2.45, 2.75) is 51.9 Å². The average Bonchev–Trinajstić information content (AvgIpc) is 2.73. The van der Waals surface area contributed by atoms with E-state index in [9.17, 15) is 14.4 Å². The first kappa shape index (κ1) is 21.1. The quantitative estimate of drug-likeness (QED) is 0.700. The second kappa shape index (κ2) is 8.53. The summed E-state index contributed by atoms with van der Waals surface area (Å²) >= 11 is 0. The van der Waals surface area contributed by atoms with Gasteiger partial charge in [0.15, 0.2) is 0 Å². The van der Waals surface area contributed by atoms with Crippen LogP contribution in [0.4, 0.5) is 17.5 Å². The van der Waals surface area contributed by atoms with E-state index < -0.39 is 5.92 Å². The highest BCUT2D eigenvalue weighted by molar-refractivity contribution is 6.04. The van der Waals surface area contributed by atoms with Crippen LogP contribution in [0.25, 0.3) is 0 Å². The predicted octanol–water partition coefficient (Wildman–Crippen LogP) is 3.19. The molecule has 31 heavy (non-hydrogen) atoms. The van der Waals surface area contributed by atoms with E-state index in [2.05, 4.69) is 41.4 Å². The Hall–Kier alpha value is -3.16. The molecule has 8 heteroatoms. The van der Waals surface area contributed by atoms with Crippen LogP contribution in [-0.4, -0.2) is 34.9 Å². The molecule has 3 N–H and O–H groups in total. The number of anilines is 3. The minimum Gasteiger partial charge on any atom is -0.342 e. The Morgan fingerprint density at radius 1 is 1.23 bits per heavy atom. The Morgan fingerprint density at radius 2 is 1.97 bits per heavy atom. The lowest BCUT2D eigenvalue weighted by Gasteiger charge is -2.32. The van der Waals surface area contributed by atoms with Crippen molar-refractivity contribution in [2.24, 2.45) is 5.92 Å². The predicted molar refractivity (Wildman–Crippen MR) is 121 cm³/mol. The molecule has 164 valence electrons. The van der Waals surface area contributed by atoms with Crippen LogP contribution in [0.1, 0.15) is 63.0 Å². The summed E-state index contributed by atoms with van der Waals surface area (Å²) in [5, 5.41) is 5.52. The molecule has 3 heterocycles. The number of H-pyrrole nitrogens is 1. The maximum atomic E-state index is 13.0. The number of fused-ring (bicyclic) bond motifs is 1. The van der Waals surface area contributed by atoms with Crippen molar-refractivity contribution in [2.75, 3.05) is 28.6 Å². The summed E-state index contributed by atoms with van der Waals surface area (Å²) in [6, 6.07) is 7.59. The molecule has 2 aromatic rings. The van der Waals surface area contributed by atoms with E-state index >= 15 is 0 Å². The normalized spacial score (nSPS) is 20.9. The van der Waals surface area contributed by atoms with Gasteiger partial charge in [-0.25, -0.2) is 0 Å². The third kappa shape index (κ3) is 4.47. The van der Waals surface area contributed by atoms with Gasteiger partial charge in [-0.1, -0.05) is 32.9 Å². The monoisotopic (exact) mass is 423 g/mol. The Bertz CT molecular complexity index is 1040. The second-order valence-corrected chi connectivity index (χ2v) is 8.92. The third-order valence-corrected chi connectivity index (χ3v) is 6.06. The lowest BCUT2D eigenvalue weighted by molar-refractivity contribution is -0.123. The summed E-state index contributed by atoms with van der Waals surface area (Å²) in [4.78, 5) is 47.6. The number of hydrogen-bond donors (Lipinski definition) is 3. The Labute approximate surface area is 181 Å². The van der Waals surface area contributed by atoms with Crippen molar-refractivity contribution >= 4 is 29.3 Å². The van der Waals surface area contributed by atoms with E-state index in [1.807, 2.05) is 29.2 Å². The fraction of sp³-hybridized carbons (Fsp3) is 0.478. The van der Waals surface area contributed by atoms with Crippen LogP contribution in [-0.2, 0) is 9.59 Å². The van der Waals surface area contributed by atoms with Crippen molar-refractivity contribution in [3.8, 4) is 0 Å². The van der Waals surface area contributed by atoms with Crippen molar-refractivity contribution < 1.29 is 9.59 Å². The molecule has 0 radical (unpaired) electrons. The van der Waals surface area contributed by atoms with Gasteiger partial charge in [0, 0.05) is 25.2 Å². The summed E-state index contributed by atoms with van der Waals surface area (Å²) in [5.41, 5.74) is 1.63. The number of benzene rings is 1. The van der Waals surface area contributed by atoms with Gasteiger partial charge >= 0.3 is 0 Å². The molecule has 0 saturated carbocycles. The number of carbonyl (C=O) groups excluding carboxylic acids is 2. The molecule has 8 nitrogen and oxygen atoms in total. The number of nitrogens with zero attached hydrogens (tertiary/aromatic N) is 2. The largest absolute Gasteiger partial charge is 0.342 e. The van der Waals surface area contributed by atoms with E-state index in [4.69, 9.17) is 0 Å². The molecule has 1 fully saturated rings. The molecule has 1 aromatic heterocycles. The maximum absolute atomic E-state index is 13.0. The molecular formula is C23H29N5O3. The third-order valence-electron chi connectivity index (χ3n) is 6.06. The molecule has 0 unspecified atom stereocenters. The minimum absolute atomic E-state index is 0.0895. The molecule has 0 spiro atoms. The summed E-state index contributed by atoms with van der Waals surface area (Å²) < 4.78 is 0. The second-order valence-electron chi connectivity index (χ2n) is 8.92. The molecule has 2 aliphatic heterocycles. The molecular weight excluding hydrogens is 394 g/mol. The molecule has 0 bridgehead atoms. The summed E-state index contributed by atoms with van der Waals surface area (Å²) in [5.74, 6) is -0.0758. The summed E-state index contributed by atoms with van der Waals surface area (Å²) in [6.07, 6.45) is 2.07. The Morgan fingerprint density at radius 3 is 2.65 bits per heavy atom. The van der Waals surface area contributed by atoms with E-state index in [0.29, 0.717) is 23.5 Å². The maximum Gasteiger partial charge on any atom is 0.258 e. The van der Waals surface area contributed by atoms with Crippen molar-refractivity contribution in [3.63, 3.8) is 0 Å². The van der Waals surface area contributed by atoms with E-state index in [1.54, 1.807) is 0 Å². The Kier molecular flexibility index (Phi) is 5.80. The lowest BCUT2D eigenvalue weighted by atomic mass is 9.92. The molecule has 4 rings (SSSR count). The highest BCUT2D eigenvalue weighted by atomic mass is 16.2. The van der Waals surface area contributed by atoms with Crippen molar-refractivity contribution in [1.29, 1.82) is 0 Å². The van der Waals surface area contributed by atoms with Gasteiger partial charge < -0.3 is 15.5 Å². The number of rotatable bonds is 4. The van der Waals surface area contributed by atoms with Gasteiger partial charge in [0.1, 0.15) is 5.82 Å². The number of carbonyl (C=O) groups is 2. The van der Waals surface area contributed by atoms with Crippen LogP contribution in [0.3, 0.4) is 0 Å². The van der Waals surface area contributed by atoms with Crippen LogP contribution in [0, 0.1) is 5.92 Å². The smallest absolute Gasteiger partial charge is 0.258 e. The van der Waals surface area contributed by atoms with Crippen molar-refractivity contribution in [1.82, 2.24) is 9.97 Å². The van der Waals surface area contributed by atoms with Crippen LogP contribution in [0.2, 0.25) is 0 Å². The molecule has 0 aliphatic carbocycles. The van der Waals surface area contributed by atoms with Crippen LogP contribution >= 0.6 is 0 Å². The van der Waals surface area contributed by atoms with Gasteiger partial charge in [-0.3, -0.25) is 19.4 Å². The molecule has 1 saturated heterocycles. The molecule has 2 atom stereocenters. The van der Waals surface area contributed by atoms with Gasteiger partial charge in [-0.2, -0.15) is 4.98 Å². The SMILES string of the molecule is CC(C)c1ccc(NC(=O)[C@@H]2CC(=O)Nc3nc(N4CCC[C@H](C)C4)[nH]c(=O)c32)cc1. The number of piperidine rings is 1. The highest BCUT2D eigenvalue weighted by Gasteiger charge is 2.35. The molecule has 2 amide bonds. The lowest BCUT2D eigenvalue weighted by Crippen LogP contribution is -2.40. The average molecular weight is 424 g/mol. The number of amides is 2. The molecule has 2 aliphatic rings. The van der Waals surface area contributed by atoms with Gasteiger partial charge in [-0.05, 0) is 42.4 Å². The first-order valence-electron chi connectivity index (χ1n) is 10.9. The van der Waals surface area contributed by atoms with Crippen LogP contribution in [0.5, 0.6) is 0 Å². The standard InChI is InChI=1S/C23H29N5O3/c1-13(2)15-6-8-16(9-7-15)24-21(30)17-11-18(29)25-20-19(17)22(31)27-23(26-20)28-10-4-5-14(3)12-28/h6-9,13-14,17H,4-5,10-12H2,1-3H3,(H,24,30)(H2,25,26,27,29,31)/t14-,17+/m0/s1. The van der Waals surface area contributed by atoms with Gasteiger partial charge in [0.05, 0.1) is 11.5 Å². The van der Waals surface area contributed by atoms with Gasteiger partial charge in [0.2, 0.25) is 17.8 Å². The Balaban J connectivity index is 1.60. The van der Waals surface area contributed by atoms with Gasteiger partial charge in [0.25, 0.3) is 5.56 Å². The summed E-state index contributed by atoms with van der Waals surface area (Å²) in [7, 11) is 0.